The van der Waals surface area contributed by atoms with Gasteiger partial charge in [0.25, 0.3) is 0 Å². The molecule has 0 fully saturated rings. The van der Waals surface area contributed by atoms with Crippen molar-refractivity contribution in [1.29, 1.82) is 0 Å². The Balaban J connectivity index is 2.43. The van der Waals surface area contributed by atoms with E-state index >= 15 is 0 Å². The number of benzene rings is 2. The lowest BCUT2D eigenvalue weighted by molar-refractivity contribution is 0.104. The molecule has 0 saturated carbocycles. The summed E-state index contributed by atoms with van der Waals surface area (Å²) in [5.74, 6) is 1.79. The van der Waals surface area contributed by atoms with Crippen molar-refractivity contribution >= 4 is 29.1 Å². The number of Topliss-reactive ketones (excluding diaryl/α,β-unsaturated/α-hetero) is 1. The van der Waals surface area contributed by atoms with Crippen LogP contribution in [0.5, 0.6) is 23.0 Å². The van der Waals surface area contributed by atoms with Crippen LogP contribution >= 0.6 is 11.6 Å². The number of anilines is 1. The van der Waals surface area contributed by atoms with E-state index < -0.39 is 0 Å². The maximum Gasteiger partial charge on any atom is 0.204 e. The predicted molar refractivity (Wildman–Crippen MR) is 112 cm³/mol. The van der Waals surface area contributed by atoms with Crippen molar-refractivity contribution < 1.29 is 23.7 Å². The van der Waals surface area contributed by atoms with Gasteiger partial charge in [-0.15, -0.1) is 0 Å². The smallest absolute Gasteiger partial charge is 0.204 e. The van der Waals surface area contributed by atoms with E-state index in [9.17, 15) is 4.79 Å². The van der Waals surface area contributed by atoms with Crippen LogP contribution in [0, 0.1) is 0 Å². The molecule has 2 aromatic carbocycles. The Hall–Kier alpha value is -2.86. The van der Waals surface area contributed by atoms with Crippen LogP contribution in [0.15, 0.2) is 35.4 Å². The molecule has 7 heteroatoms. The summed E-state index contributed by atoms with van der Waals surface area (Å²) in [6, 6.07) is 8.60. The Kier molecular flexibility index (Phi) is 7.18. The van der Waals surface area contributed by atoms with Crippen LogP contribution in [-0.4, -0.2) is 48.3 Å². The first-order chi connectivity index (χ1) is 13.4. The van der Waals surface area contributed by atoms with Crippen LogP contribution in [0.4, 0.5) is 5.69 Å². The van der Waals surface area contributed by atoms with Gasteiger partial charge in [0.15, 0.2) is 11.5 Å². The highest BCUT2D eigenvalue weighted by Gasteiger charge is 2.16. The van der Waals surface area contributed by atoms with Gasteiger partial charge in [-0.25, -0.2) is 0 Å². The van der Waals surface area contributed by atoms with Gasteiger partial charge in [-0.3, -0.25) is 4.79 Å². The standard InChI is InChI=1S/C21H24ClNO5/c1-23(2)16-12-14(7-8-17(16)25-3)20(24)15(22)9-13-10-18(26-4)21(28-6)19(11-13)27-5/h7-12H,1-6H3/b15-9+. The number of nitrogens with zero attached hydrogens (tertiary/aromatic N) is 1. The molecule has 0 bridgehead atoms. The fraction of sp³-hybridized carbons (Fsp3) is 0.286. The zero-order valence-corrected chi connectivity index (χ0v) is 17.6. The van der Waals surface area contributed by atoms with Crippen molar-refractivity contribution in [1.82, 2.24) is 0 Å². The van der Waals surface area contributed by atoms with Crippen molar-refractivity contribution in [3.05, 3.63) is 46.5 Å². The van der Waals surface area contributed by atoms with Crippen molar-refractivity contribution in [2.75, 3.05) is 47.4 Å². The highest BCUT2D eigenvalue weighted by atomic mass is 35.5. The SMILES string of the molecule is COc1ccc(C(=O)/C(Cl)=C\c2cc(OC)c(OC)c(OC)c2)cc1N(C)C. The lowest BCUT2D eigenvalue weighted by Gasteiger charge is -2.17. The first-order valence-electron chi connectivity index (χ1n) is 8.43. The molecular weight excluding hydrogens is 382 g/mol. The van der Waals surface area contributed by atoms with Gasteiger partial charge in [0.2, 0.25) is 11.5 Å². The average Bonchev–Trinajstić information content (AvgIpc) is 2.71. The summed E-state index contributed by atoms with van der Waals surface area (Å²) in [6.07, 6.45) is 1.56. The third-order valence-corrected chi connectivity index (χ3v) is 4.40. The molecule has 0 saturated heterocycles. The number of hydrogen-bond donors (Lipinski definition) is 0. The van der Waals surface area contributed by atoms with Crippen molar-refractivity contribution in [2.24, 2.45) is 0 Å². The number of allylic oxidation sites excluding steroid dienone is 1. The molecule has 2 aromatic rings. The topological polar surface area (TPSA) is 57.2 Å². The van der Waals surface area contributed by atoms with Gasteiger partial charge in [-0.05, 0) is 42.0 Å². The van der Waals surface area contributed by atoms with E-state index in [2.05, 4.69) is 0 Å². The fourth-order valence-electron chi connectivity index (χ4n) is 2.72. The number of carbonyl (C=O) groups is 1. The molecule has 0 spiro atoms. The zero-order valence-electron chi connectivity index (χ0n) is 16.8. The monoisotopic (exact) mass is 405 g/mol. The summed E-state index contributed by atoms with van der Waals surface area (Å²) < 4.78 is 21.3. The van der Waals surface area contributed by atoms with E-state index in [1.807, 2.05) is 19.0 Å². The minimum absolute atomic E-state index is 0.0594. The highest BCUT2D eigenvalue weighted by Crippen LogP contribution is 2.39. The van der Waals surface area contributed by atoms with Gasteiger partial charge in [0.05, 0.1) is 39.2 Å². The molecule has 2 rings (SSSR count). The molecule has 0 aliphatic carbocycles. The van der Waals surface area contributed by atoms with E-state index in [-0.39, 0.29) is 10.8 Å². The molecule has 0 N–H and O–H groups in total. The van der Waals surface area contributed by atoms with Crippen molar-refractivity contribution in [3.8, 4) is 23.0 Å². The molecule has 28 heavy (non-hydrogen) atoms. The van der Waals surface area contributed by atoms with Crippen LogP contribution in [0.25, 0.3) is 6.08 Å². The summed E-state index contributed by atoms with van der Waals surface area (Å²) in [7, 11) is 9.91. The van der Waals surface area contributed by atoms with E-state index in [0.717, 1.165) is 5.69 Å². The summed E-state index contributed by atoms with van der Waals surface area (Å²) in [5, 5.41) is 0.0594. The summed E-state index contributed by atoms with van der Waals surface area (Å²) in [5.41, 5.74) is 1.89. The molecular formula is C21H24ClNO5. The molecule has 6 nitrogen and oxygen atoms in total. The summed E-state index contributed by atoms with van der Waals surface area (Å²) >= 11 is 6.32. The van der Waals surface area contributed by atoms with Gasteiger partial charge in [-0.2, -0.15) is 0 Å². The Morgan fingerprint density at radius 3 is 1.93 bits per heavy atom. The van der Waals surface area contributed by atoms with Gasteiger partial charge in [-0.1, -0.05) is 11.6 Å². The highest BCUT2D eigenvalue weighted by molar-refractivity contribution is 6.47. The minimum atomic E-state index is -0.304. The first kappa shape index (κ1) is 21.4. The number of rotatable bonds is 8. The second kappa shape index (κ2) is 9.37. The molecule has 0 aliphatic rings. The second-order valence-corrected chi connectivity index (χ2v) is 6.47. The van der Waals surface area contributed by atoms with Gasteiger partial charge < -0.3 is 23.8 Å². The maximum atomic E-state index is 12.8. The van der Waals surface area contributed by atoms with Crippen LogP contribution in [0.1, 0.15) is 15.9 Å². The predicted octanol–water partition coefficient (Wildman–Crippen LogP) is 4.25. The molecule has 0 amide bonds. The normalized spacial score (nSPS) is 11.0. The molecule has 0 unspecified atom stereocenters. The van der Waals surface area contributed by atoms with E-state index in [4.69, 9.17) is 30.5 Å². The number of ketones is 1. The number of carbonyl (C=O) groups excluding carboxylic acids is 1. The fourth-order valence-corrected chi connectivity index (χ4v) is 2.95. The minimum Gasteiger partial charge on any atom is -0.495 e. The lowest BCUT2D eigenvalue weighted by Crippen LogP contribution is -2.11. The van der Waals surface area contributed by atoms with E-state index in [1.165, 1.54) is 21.3 Å². The average molecular weight is 406 g/mol. The van der Waals surface area contributed by atoms with Crippen molar-refractivity contribution in [2.45, 2.75) is 0 Å². The molecule has 0 heterocycles. The first-order valence-corrected chi connectivity index (χ1v) is 8.81. The lowest BCUT2D eigenvalue weighted by atomic mass is 10.1. The number of ether oxygens (including phenoxy) is 4. The molecule has 150 valence electrons. The zero-order chi connectivity index (χ0) is 20.8. The number of methoxy groups -OCH3 is 4. The van der Waals surface area contributed by atoms with Crippen LogP contribution in [0.2, 0.25) is 0 Å². The summed E-state index contributed by atoms with van der Waals surface area (Å²) in [4.78, 5) is 14.7. The molecule has 0 aromatic heterocycles. The largest absolute Gasteiger partial charge is 0.495 e. The Morgan fingerprint density at radius 2 is 1.46 bits per heavy atom. The molecule has 0 atom stereocenters. The number of halogens is 1. The van der Waals surface area contributed by atoms with Gasteiger partial charge >= 0.3 is 0 Å². The van der Waals surface area contributed by atoms with Crippen LogP contribution in [-0.2, 0) is 0 Å². The van der Waals surface area contributed by atoms with Crippen LogP contribution < -0.4 is 23.8 Å². The third kappa shape index (κ3) is 4.51. The Morgan fingerprint density at radius 1 is 0.893 bits per heavy atom. The Bertz CT molecular complexity index is 867. The molecule has 0 radical (unpaired) electrons. The quantitative estimate of drug-likeness (QED) is 0.483. The Labute approximate surface area is 170 Å². The van der Waals surface area contributed by atoms with Crippen molar-refractivity contribution in [3.63, 3.8) is 0 Å². The maximum absolute atomic E-state index is 12.8. The van der Waals surface area contributed by atoms with E-state index in [0.29, 0.717) is 34.1 Å². The van der Waals surface area contributed by atoms with Gasteiger partial charge in [0, 0.05) is 19.7 Å². The number of hydrogen-bond acceptors (Lipinski definition) is 6. The van der Waals surface area contributed by atoms with E-state index in [1.54, 1.807) is 43.5 Å². The third-order valence-electron chi connectivity index (χ3n) is 4.12. The summed E-state index contributed by atoms with van der Waals surface area (Å²) in [6.45, 7) is 0. The van der Waals surface area contributed by atoms with Gasteiger partial charge in [0.1, 0.15) is 5.75 Å². The van der Waals surface area contributed by atoms with Crippen LogP contribution in [0.3, 0.4) is 0 Å². The second-order valence-electron chi connectivity index (χ2n) is 6.06. The molecule has 0 aliphatic heterocycles.